The summed E-state index contributed by atoms with van der Waals surface area (Å²) >= 11 is 1.56. The van der Waals surface area contributed by atoms with E-state index in [4.69, 9.17) is 4.74 Å². The number of likely N-dealkylation sites (N-methyl/N-ethyl adjacent to an activating group) is 1. The zero-order valence-corrected chi connectivity index (χ0v) is 11.2. The van der Waals surface area contributed by atoms with Gasteiger partial charge in [0.15, 0.2) is 0 Å². The predicted octanol–water partition coefficient (Wildman–Crippen LogP) is 0.577. The normalized spacial score (nSPS) is 27.6. The van der Waals surface area contributed by atoms with E-state index in [1.807, 2.05) is 17.5 Å². The maximum absolute atomic E-state index is 12.5. The van der Waals surface area contributed by atoms with Crippen molar-refractivity contribution in [3.63, 3.8) is 0 Å². The highest BCUT2D eigenvalue weighted by atomic mass is 32.1. The van der Waals surface area contributed by atoms with Crippen LogP contribution < -0.4 is 5.32 Å². The van der Waals surface area contributed by atoms with Gasteiger partial charge >= 0.3 is 0 Å². The third-order valence-corrected chi connectivity index (χ3v) is 4.55. The molecule has 1 N–H and O–H groups in total. The standard InChI is InChI=1S/C12H17N3O2S/c1-13-10-11-9(14-7-18-11)2-4-15(12(10)16)6-8-3-5-17-8/h7-8,10,13H,2-6H2,1H3. The lowest BCUT2D eigenvalue weighted by atomic mass is 10.1. The molecule has 6 heteroatoms. The van der Waals surface area contributed by atoms with Gasteiger partial charge < -0.3 is 15.0 Å². The van der Waals surface area contributed by atoms with Crippen LogP contribution >= 0.6 is 11.3 Å². The molecule has 18 heavy (non-hydrogen) atoms. The van der Waals surface area contributed by atoms with Crippen molar-refractivity contribution in [2.24, 2.45) is 0 Å². The van der Waals surface area contributed by atoms with E-state index in [-0.39, 0.29) is 18.1 Å². The molecule has 1 fully saturated rings. The van der Waals surface area contributed by atoms with Gasteiger partial charge in [0.1, 0.15) is 6.04 Å². The van der Waals surface area contributed by atoms with Crippen molar-refractivity contribution in [1.29, 1.82) is 0 Å². The molecule has 2 unspecified atom stereocenters. The van der Waals surface area contributed by atoms with Gasteiger partial charge in [-0.15, -0.1) is 11.3 Å². The summed E-state index contributed by atoms with van der Waals surface area (Å²) in [7, 11) is 1.83. The van der Waals surface area contributed by atoms with Crippen LogP contribution in [-0.4, -0.2) is 48.6 Å². The molecule has 2 aliphatic rings. The minimum Gasteiger partial charge on any atom is -0.376 e. The largest absolute Gasteiger partial charge is 0.376 e. The van der Waals surface area contributed by atoms with E-state index in [0.29, 0.717) is 6.54 Å². The van der Waals surface area contributed by atoms with Crippen molar-refractivity contribution < 1.29 is 9.53 Å². The summed E-state index contributed by atoms with van der Waals surface area (Å²) in [6.45, 7) is 2.29. The number of amides is 1. The molecule has 1 aromatic rings. The summed E-state index contributed by atoms with van der Waals surface area (Å²) in [6.07, 6.45) is 2.14. The molecule has 1 saturated heterocycles. The number of fused-ring (bicyclic) bond motifs is 1. The van der Waals surface area contributed by atoms with E-state index in [2.05, 4.69) is 10.3 Å². The Balaban J connectivity index is 1.79. The van der Waals surface area contributed by atoms with Crippen molar-refractivity contribution in [3.05, 3.63) is 16.1 Å². The summed E-state index contributed by atoms with van der Waals surface area (Å²) in [5.74, 6) is 0.149. The number of rotatable bonds is 3. The Hall–Kier alpha value is -0.980. The van der Waals surface area contributed by atoms with E-state index in [0.717, 1.165) is 36.6 Å². The first kappa shape index (κ1) is 12.1. The van der Waals surface area contributed by atoms with E-state index in [9.17, 15) is 4.79 Å². The Kier molecular flexibility index (Phi) is 3.32. The van der Waals surface area contributed by atoms with Gasteiger partial charge in [0.2, 0.25) is 5.91 Å². The van der Waals surface area contributed by atoms with Crippen LogP contribution in [0, 0.1) is 0 Å². The van der Waals surface area contributed by atoms with Crippen LogP contribution in [0.3, 0.4) is 0 Å². The lowest BCUT2D eigenvalue weighted by Gasteiger charge is -2.33. The van der Waals surface area contributed by atoms with Crippen LogP contribution in [0.5, 0.6) is 0 Å². The summed E-state index contributed by atoms with van der Waals surface area (Å²) in [5, 5.41) is 3.11. The maximum atomic E-state index is 12.5. The Morgan fingerprint density at radius 3 is 3.17 bits per heavy atom. The summed E-state index contributed by atoms with van der Waals surface area (Å²) in [4.78, 5) is 19.9. The van der Waals surface area contributed by atoms with Gasteiger partial charge in [-0.1, -0.05) is 0 Å². The van der Waals surface area contributed by atoms with Crippen molar-refractivity contribution in [1.82, 2.24) is 15.2 Å². The zero-order chi connectivity index (χ0) is 12.5. The minimum atomic E-state index is -0.241. The second-order valence-corrected chi connectivity index (χ2v) is 5.59. The van der Waals surface area contributed by atoms with Crippen molar-refractivity contribution in [3.8, 4) is 0 Å². The number of nitrogens with one attached hydrogen (secondary N) is 1. The van der Waals surface area contributed by atoms with Gasteiger partial charge in [0, 0.05) is 26.1 Å². The highest BCUT2D eigenvalue weighted by Crippen LogP contribution is 2.28. The highest BCUT2D eigenvalue weighted by molar-refractivity contribution is 7.10. The van der Waals surface area contributed by atoms with Crippen molar-refractivity contribution >= 4 is 17.2 Å². The number of ether oxygens (including phenoxy) is 1. The van der Waals surface area contributed by atoms with Crippen LogP contribution in [0.15, 0.2) is 5.51 Å². The Morgan fingerprint density at radius 2 is 2.50 bits per heavy atom. The van der Waals surface area contributed by atoms with E-state index >= 15 is 0 Å². The average molecular weight is 267 g/mol. The van der Waals surface area contributed by atoms with Crippen LogP contribution in [0.25, 0.3) is 0 Å². The topological polar surface area (TPSA) is 54.5 Å². The molecule has 3 heterocycles. The molecule has 0 spiro atoms. The molecule has 5 nitrogen and oxygen atoms in total. The molecule has 0 bridgehead atoms. The summed E-state index contributed by atoms with van der Waals surface area (Å²) < 4.78 is 5.42. The number of thiazole rings is 1. The second-order valence-electron chi connectivity index (χ2n) is 4.70. The summed E-state index contributed by atoms with van der Waals surface area (Å²) in [5.41, 5.74) is 2.89. The lowest BCUT2D eigenvalue weighted by Crippen LogP contribution is -2.46. The third kappa shape index (κ3) is 2.04. The number of carbonyl (C=O) groups is 1. The number of hydrogen-bond donors (Lipinski definition) is 1. The lowest BCUT2D eigenvalue weighted by molar-refractivity contribution is -0.138. The fourth-order valence-electron chi connectivity index (χ4n) is 2.46. The quantitative estimate of drug-likeness (QED) is 0.870. The molecule has 1 amide bonds. The van der Waals surface area contributed by atoms with Gasteiger partial charge in [-0.3, -0.25) is 4.79 Å². The Bertz CT molecular complexity index is 444. The second kappa shape index (κ2) is 4.95. The van der Waals surface area contributed by atoms with Gasteiger partial charge in [-0.05, 0) is 13.5 Å². The monoisotopic (exact) mass is 267 g/mol. The number of hydrogen-bond acceptors (Lipinski definition) is 5. The molecule has 0 aliphatic carbocycles. The van der Waals surface area contributed by atoms with Crippen molar-refractivity contribution in [2.45, 2.75) is 25.0 Å². The number of carbonyl (C=O) groups excluding carboxylic acids is 1. The van der Waals surface area contributed by atoms with E-state index < -0.39 is 0 Å². The molecule has 98 valence electrons. The molecule has 0 aromatic carbocycles. The highest BCUT2D eigenvalue weighted by Gasteiger charge is 2.33. The van der Waals surface area contributed by atoms with Crippen LogP contribution in [0.4, 0.5) is 0 Å². The van der Waals surface area contributed by atoms with Gasteiger partial charge in [-0.25, -0.2) is 4.98 Å². The van der Waals surface area contributed by atoms with Gasteiger partial charge in [0.05, 0.1) is 22.2 Å². The molecule has 0 radical (unpaired) electrons. The number of nitrogens with zero attached hydrogens (tertiary/aromatic N) is 2. The SMILES string of the molecule is CNC1C(=O)N(CC2CCO2)CCc2ncsc21. The fraction of sp³-hybridized carbons (Fsp3) is 0.667. The Labute approximate surface area is 110 Å². The molecular formula is C12H17N3O2S. The van der Waals surface area contributed by atoms with E-state index in [1.165, 1.54) is 0 Å². The zero-order valence-electron chi connectivity index (χ0n) is 10.4. The van der Waals surface area contributed by atoms with Crippen LogP contribution in [-0.2, 0) is 16.0 Å². The van der Waals surface area contributed by atoms with Gasteiger partial charge in [0.25, 0.3) is 0 Å². The summed E-state index contributed by atoms with van der Waals surface area (Å²) in [6, 6.07) is -0.241. The molecular weight excluding hydrogens is 250 g/mol. The smallest absolute Gasteiger partial charge is 0.245 e. The molecule has 3 rings (SSSR count). The Morgan fingerprint density at radius 1 is 1.67 bits per heavy atom. The first-order valence-electron chi connectivity index (χ1n) is 6.29. The molecule has 1 aromatic heterocycles. The average Bonchev–Trinajstić information content (AvgIpc) is 2.72. The fourth-order valence-corrected chi connectivity index (χ4v) is 3.40. The molecule has 2 atom stereocenters. The first-order valence-corrected chi connectivity index (χ1v) is 7.17. The molecule has 2 aliphatic heterocycles. The minimum absolute atomic E-state index is 0.149. The van der Waals surface area contributed by atoms with E-state index in [1.54, 1.807) is 11.3 Å². The van der Waals surface area contributed by atoms with Crippen LogP contribution in [0.2, 0.25) is 0 Å². The molecule has 0 saturated carbocycles. The third-order valence-electron chi connectivity index (χ3n) is 3.62. The van der Waals surface area contributed by atoms with Gasteiger partial charge in [-0.2, -0.15) is 0 Å². The predicted molar refractivity (Wildman–Crippen MR) is 68.6 cm³/mol. The number of aromatic nitrogens is 1. The maximum Gasteiger partial charge on any atom is 0.245 e. The first-order chi connectivity index (χ1) is 8.79. The van der Waals surface area contributed by atoms with Crippen molar-refractivity contribution in [2.75, 3.05) is 26.7 Å². The van der Waals surface area contributed by atoms with Crippen LogP contribution in [0.1, 0.15) is 23.0 Å².